The Morgan fingerprint density at radius 2 is 1.67 bits per heavy atom. The van der Waals surface area contributed by atoms with E-state index >= 15 is 0 Å². The van der Waals surface area contributed by atoms with Gasteiger partial charge in [0.1, 0.15) is 12.3 Å². The number of amides is 4. The van der Waals surface area contributed by atoms with Gasteiger partial charge in [-0.2, -0.15) is 0 Å². The molecule has 4 rings (SSSR count). The zero-order chi connectivity index (χ0) is 20.9. The minimum atomic E-state index is -0.403. The first kappa shape index (κ1) is 19.8. The van der Waals surface area contributed by atoms with Crippen LogP contribution in [-0.4, -0.2) is 49.0 Å². The van der Waals surface area contributed by atoms with Crippen LogP contribution in [0.15, 0.2) is 48.5 Å². The highest BCUT2D eigenvalue weighted by Gasteiger charge is 2.29. The number of nitrogens with one attached hydrogen (secondary N) is 2. The first-order valence-corrected chi connectivity index (χ1v) is 10.1. The number of benzene rings is 2. The Balaban J connectivity index is 1.48. The molecule has 2 aliphatic rings. The summed E-state index contributed by atoms with van der Waals surface area (Å²) < 4.78 is 5.50. The van der Waals surface area contributed by atoms with Crippen molar-refractivity contribution in [1.82, 2.24) is 4.90 Å². The number of hydrogen-bond donors (Lipinski definition) is 2. The Hall–Kier alpha value is -3.55. The molecule has 0 saturated carbocycles. The van der Waals surface area contributed by atoms with E-state index in [9.17, 15) is 14.4 Å². The van der Waals surface area contributed by atoms with Crippen LogP contribution in [0, 0.1) is 0 Å². The Bertz CT molecular complexity index is 941. The number of hydrogen-bond acceptors (Lipinski definition) is 4. The SMILES string of the molecule is O=C(Nc1ccccc1)Nc1ccc2c(c1)N(CC(=O)N1CCCCC1)C(=O)CO2. The van der Waals surface area contributed by atoms with E-state index < -0.39 is 6.03 Å². The van der Waals surface area contributed by atoms with Gasteiger partial charge in [-0.3, -0.25) is 14.5 Å². The molecule has 2 aliphatic heterocycles. The molecule has 156 valence electrons. The zero-order valence-electron chi connectivity index (χ0n) is 16.6. The van der Waals surface area contributed by atoms with Crippen molar-refractivity contribution in [2.45, 2.75) is 19.3 Å². The zero-order valence-corrected chi connectivity index (χ0v) is 16.6. The second kappa shape index (κ2) is 8.86. The average Bonchev–Trinajstić information content (AvgIpc) is 2.77. The Morgan fingerprint density at radius 3 is 2.43 bits per heavy atom. The summed E-state index contributed by atoms with van der Waals surface area (Å²) >= 11 is 0. The molecule has 0 bridgehead atoms. The average molecular weight is 408 g/mol. The third kappa shape index (κ3) is 4.53. The summed E-state index contributed by atoms with van der Waals surface area (Å²) in [5.74, 6) is 0.157. The van der Waals surface area contributed by atoms with Crippen molar-refractivity contribution in [1.29, 1.82) is 0 Å². The lowest BCUT2D eigenvalue weighted by Crippen LogP contribution is -2.47. The van der Waals surface area contributed by atoms with E-state index in [0.717, 1.165) is 32.4 Å². The van der Waals surface area contributed by atoms with Gasteiger partial charge in [-0.15, -0.1) is 0 Å². The van der Waals surface area contributed by atoms with Crippen LogP contribution in [0.3, 0.4) is 0 Å². The molecule has 0 aromatic heterocycles. The van der Waals surface area contributed by atoms with E-state index in [4.69, 9.17) is 4.74 Å². The van der Waals surface area contributed by atoms with Gasteiger partial charge < -0.3 is 20.3 Å². The molecule has 2 aromatic rings. The first-order chi connectivity index (χ1) is 14.6. The predicted molar refractivity (Wildman–Crippen MR) is 114 cm³/mol. The molecule has 1 fully saturated rings. The number of carbonyl (C=O) groups is 3. The number of nitrogens with zero attached hydrogens (tertiary/aromatic N) is 2. The van der Waals surface area contributed by atoms with Crippen LogP contribution >= 0.6 is 0 Å². The highest BCUT2D eigenvalue weighted by molar-refractivity contribution is 6.04. The number of likely N-dealkylation sites (tertiary alicyclic amines) is 1. The van der Waals surface area contributed by atoms with Crippen molar-refractivity contribution in [3.63, 3.8) is 0 Å². The summed E-state index contributed by atoms with van der Waals surface area (Å²) in [6.45, 7) is 1.31. The second-order valence-corrected chi connectivity index (χ2v) is 7.34. The number of para-hydroxylation sites is 1. The van der Waals surface area contributed by atoms with Crippen molar-refractivity contribution in [3.05, 3.63) is 48.5 Å². The van der Waals surface area contributed by atoms with Crippen LogP contribution in [-0.2, 0) is 9.59 Å². The van der Waals surface area contributed by atoms with Gasteiger partial charge in [-0.25, -0.2) is 4.79 Å². The lowest BCUT2D eigenvalue weighted by atomic mass is 10.1. The van der Waals surface area contributed by atoms with E-state index in [2.05, 4.69) is 10.6 Å². The summed E-state index contributed by atoms with van der Waals surface area (Å²) in [6, 6.07) is 13.7. The summed E-state index contributed by atoms with van der Waals surface area (Å²) in [6.07, 6.45) is 3.11. The predicted octanol–water partition coefficient (Wildman–Crippen LogP) is 3.07. The van der Waals surface area contributed by atoms with Gasteiger partial charge in [-0.1, -0.05) is 18.2 Å². The molecule has 2 aromatic carbocycles. The quantitative estimate of drug-likeness (QED) is 0.814. The van der Waals surface area contributed by atoms with Crippen LogP contribution in [0.5, 0.6) is 5.75 Å². The Labute approximate surface area is 174 Å². The fraction of sp³-hybridized carbons (Fsp3) is 0.318. The standard InChI is InChI=1S/C22H24N4O4/c27-20(25-11-5-2-6-12-25)14-26-18-13-17(9-10-19(18)30-15-21(26)28)24-22(29)23-16-7-3-1-4-8-16/h1,3-4,7-10,13H,2,5-6,11-12,14-15H2,(H2,23,24,29). The Kier molecular flexibility index (Phi) is 5.83. The molecule has 0 radical (unpaired) electrons. The monoisotopic (exact) mass is 408 g/mol. The van der Waals surface area contributed by atoms with E-state index in [1.165, 1.54) is 4.90 Å². The fourth-order valence-corrected chi connectivity index (χ4v) is 3.65. The maximum Gasteiger partial charge on any atom is 0.323 e. The number of fused-ring (bicyclic) bond motifs is 1. The van der Waals surface area contributed by atoms with Gasteiger partial charge >= 0.3 is 6.03 Å². The van der Waals surface area contributed by atoms with E-state index in [1.54, 1.807) is 35.2 Å². The van der Waals surface area contributed by atoms with Crippen LogP contribution in [0.2, 0.25) is 0 Å². The highest BCUT2D eigenvalue weighted by Crippen LogP contribution is 2.34. The van der Waals surface area contributed by atoms with Crippen LogP contribution < -0.4 is 20.3 Å². The van der Waals surface area contributed by atoms with Crippen molar-refractivity contribution in [2.75, 3.05) is 41.8 Å². The third-order valence-corrected chi connectivity index (χ3v) is 5.19. The van der Waals surface area contributed by atoms with Crippen molar-refractivity contribution >= 4 is 34.9 Å². The Morgan fingerprint density at radius 1 is 0.933 bits per heavy atom. The number of rotatable bonds is 4. The molecular weight excluding hydrogens is 384 g/mol. The minimum absolute atomic E-state index is 0.0329. The fourth-order valence-electron chi connectivity index (χ4n) is 3.65. The normalized spacial score (nSPS) is 15.8. The molecule has 2 N–H and O–H groups in total. The summed E-state index contributed by atoms with van der Waals surface area (Å²) in [4.78, 5) is 40.7. The van der Waals surface area contributed by atoms with Gasteiger partial charge in [0.15, 0.2) is 6.61 Å². The molecule has 8 heteroatoms. The number of urea groups is 1. The van der Waals surface area contributed by atoms with Gasteiger partial charge in [0, 0.05) is 24.5 Å². The molecular formula is C22H24N4O4. The van der Waals surface area contributed by atoms with Crippen molar-refractivity contribution < 1.29 is 19.1 Å². The molecule has 0 spiro atoms. The lowest BCUT2D eigenvalue weighted by molar-refractivity contribution is -0.132. The number of piperidine rings is 1. The molecule has 2 heterocycles. The van der Waals surface area contributed by atoms with Crippen LogP contribution in [0.25, 0.3) is 0 Å². The smallest absolute Gasteiger partial charge is 0.323 e. The highest BCUT2D eigenvalue weighted by atomic mass is 16.5. The van der Waals surface area contributed by atoms with Crippen LogP contribution in [0.4, 0.5) is 21.9 Å². The molecule has 0 unspecified atom stereocenters. The first-order valence-electron chi connectivity index (χ1n) is 10.1. The third-order valence-electron chi connectivity index (χ3n) is 5.19. The lowest BCUT2D eigenvalue weighted by Gasteiger charge is -2.33. The topological polar surface area (TPSA) is 91.0 Å². The molecule has 1 saturated heterocycles. The summed E-state index contributed by atoms with van der Waals surface area (Å²) in [5, 5.41) is 5.50. The maximum atomic E-state index is 12.7. The molecule has 8 nitrogen and oxygen atoms in total. The molecule has 0 atom stereocenters. The van der Waals surface area contributed by atoms with Gasteiger partial charge in [0.2, 0.25) is 5.91 Å². The molecule has 0 aliphatic carbocycles. The minimum Gasteiger partial charge on any atom is -0.482 e. The molecule has 30 heavy (non-hydrogen) atoms. The summed E-state index contributed by atoms with van der Waals surface area (Å²) in [5.41, 5.74) is 1.64. The number of anilines is 3. The van der Waals surface area contributed by atoms with Gasteiger partial charge in [-0.05, 0) is 49.6 Å². The van der Waals surface area contributed by atoms with E-state index in [0.29, 0.717) is 22.8 Å². The molecule has 4 amide bonds. The van der Waals surface area contributed by atoms with Crippen LogP contribution in [0.1, 0.15) is 19.3 Å². The van der Waals surface area contributed by atoms with E-state index in [-0.39, 0.29) is 25.0 Å². The summed E-state index contributed by atoms with van der Waals surface area (Å²) in [7, 11) is 0. The van der Waals surface area contributed by atoms with Crippen molar-refractivity contribution in [3.8, 4) is 5.75 Å². The number of carbonyl (C=O) groups excluding carboxylic acids is 3. The van der Waals surface area contributed by atoms with Crippen molar-refractivity contribution in [2.24, 2.45) is 0 Å². The van der Waals surface area contributed by atoms with Gasteiger partial charge in [0.25, 0.3) is 5.91 Å². The second-order valence-electron chi connectivity index (χ2n) is 7.34. The van der Waals surface area contributed by atoms with Gasteiger partial charge in [0.05, 0.1) is 5.69 Å². The number of ether oxygens (including phenoxy) is 1. The van der Waals surface area contributed by atoms with E-state index in [1.807, 2.05) is 18.2 Å². The maximum absolute atomic E-state index is 12.7. The largest absolute Gasteiger partial charge is 0.482 e.